The highest BCUT2D eigenvalue weighted by molar-refractivity contribution is 7.07. The van der Waals surface area contributed by atoms with Gasteiger partial charge in [0.15, 0.2) is 11.5 Å². The highest BCUT2D eigenvalue weighted by atomic mass is 32.1. The number of pyridine rings is 1. The van der Waals surface area contributed by atoms with Crippen molar-refractivity contribution in [3.8, 4) is 22.9 Å². The number of hydrogen-bond donors (Lipinski definition) is 0. The Labute approximate surface area is 174 Å². The Morgan fingerprint density at radius 1 is 1.10 bits per heavy atom. The van der Waals surface area contributed by atoms with Crippen LogP contribution in [0.25, 0.3) is 11.4 Å². The predicted octanol–water partition coefficient (Wildman–Crippen LogP) is 3.87. The van der Waals surface area contributed by atoms with Crippen molar-refractivity contribution in [1.82, 2.24) is 14.5 Å². The molecule has 0 bridgehead atoms. The van der Waals surface area contributed by atoms with E-state index >= 15 is 0 Å². The molecule has 2 aromatic heterocycles. The summed E-state index contributed by atoms with van der Waals surface area (Å²) < 4.78 is 13.7. The third-order valence-electron chi connectivity index (χ3n) is 5.03. The normalized spacial score (nSPS) is 15.3. The lowest BCUT2D eigenvalue weighted by Gasteiger charge is -2.32. The number of likely N-dealkylation sites (tertiary alicyclic amines) is 1. The number of para-hydroxylation sites is 2. The van der Waals surface area contributed by atoms with Gasteiger partial charge in [0, 0.05) is 24.7 Å². The molecule has 3 heterocycles. The van der Waals surface area contributed by atoms with E-state index < -0.39 is 0 Å². The summed E-state index contributed by atoms with van der Waals surface area (Å²) in [7, 11) is 0. The number of nitrogens with zero attached hydrogens (tertiary/aromatic N) is 3. The van der Waals surface area contributed by atoms with Gasteiger partial charge >= 0.3 is 4.87 Å². The molecule has 1 saturated heterocycles. The predicted molar refractivity (Wildman–Crippen MR) is 115 cm³/mol. The number of thiazole rings is 1. The van der Waals surface area contributed by atoms with Crippen molar-refractivity contribution in [2.24, 2.45) is 0 Å². The van der Waals surface area contributed by atoms with Crippen LogP contribution in [-0.4, -0.2) is 40.3 Å². The number of hydrogen-bond acceptors (Lipinski definition) is 6. The SMILES string of the molecule is CCOc1ccccc1OC1CCN(Cn2c(-c3ccccn3)csc2=O)CC1. The fourth-order valence-corrected chi connectivity index (χ4v) is 4.29. The third kappa shape index (κ3) is 4.68. The Bertz CT molecular complexity index is 978. The highest BCUT2D eigenvalue weighted by Crippen LogP contribution is 2.29. The first-order valence-electron chi connectivity index (χ1n) is 9.95. The van der Waals surface area contributed by atoms with Gasteiger partial charge in [0.2, 0.25) is 0 Å². The van der Waals surface area contributed by atoms with Crippen molar-refractivity contribution < 1.29 is 9.47 Å². The number of ether oxygens (including phenoxy) is 2. The van der Waals surface area contributed by atoms with Crippen LogP contribution in [0.5, 0.6) is 11.5 Å². The van der Waals surface area contributed by atoms with Crippen LogP contribution in [0, 0.1) is 0 Å². The lowest BCUT2D eigenvalue weighted by molar-refractivity contribution is 0.0810. The van der Waals surface area contributed by atoms with Gasteiger partial charge in [0.25, 0.3) is 0 Å². The third-order valence-corrected chi connectivity index (χ3v) is 5.79. The second-order valence-corrected chi connectivity index (χ2v) is 7.81. The van der Waals surface area contributed by atoms with Crippen molar-refractivity contribution >= 4 is 11.3 Å². The molecule has 4 rings (SSSR count). The second kappa shape index (κ2) is 9.24. The molecule has 0 saturated carbocycles. The fourth-order valence-electron chi connectivity index (χ4n) is 3.55. The number of rotatable bonds is 7. The number of aromatic nitrogens is 2. The molecular formula is C22H25N3O3S. The lowest BCUT2D eigenvalue weighted by atomic mass is 10.1. The molecule has 0 spiro atoms. The zero-order chi connectivity index (χ0) is 20.1. The van der Waals surface area contributed by atoms with E-state index in [-0.39, 0.29) is 11.0 Å². The molecule has 6 nitrogen and oxygen atoms in total. The molecule has 1 aliphatic rings. The van der Waals surface area contributed by atoms with Gasteiger partial charge in [-0.1, -0.05) is 29.5 Å². The van der Waals surface area contributed by atoms with Gasteiger partial charge in [0.1, 0.15) is 6.10 Å². The van der Waals surface area contributed by atoms with Crippen molar-refractivity contribution in [3.05, 3.63) is 63.7 Å². The van der Waals surface area contributed by atoms with Crippen LogP contribution in [0.4, 0.5) is 0 Å². The summed E-state index contributed by atoms with van der Waals surface area (Å²) >= 11 is 1.23. The molecular weight excluding hydrogens is 386 g/mol. The average Bonchev–Trinajstić information content (AvgIpc) is 3.12. The summed E-state index contributed by atoms with van der Waals surface area (Å²) in [5, 5.41) is 1.89. The first-order chi connectivity index (χ1) is 14.2. The lowest BCUT2D eigenvalue weighted by Crippen LogP contribution is -2.40. The van der Waals surface area contributed by atoms with Gasteiger partial charge in [-0.3, -0.25) is 19.2 Å². The molecule has 3 aromatic rings. The zero-order valence-corrected chi connectivity index (χ0v) is 17.3. The van der Waals surface area contributed by atoms with Gasteiger partial charge < -0.3 is 9.47 Å². The Balaban J connectivity index is 1.38. The van der Waals surface area contributed by atoms with E-state index in [2.05, 4.69) is 9.88 Å². The number of benzene rings is 1. The maximum atomic E-state index is 12.4. The molecule has 152 valence electrons. The molecule has 0 amide bonds. The number of piperidine rings is 1. The molecule has 0 aliphatic carbocycles. The van der Waals surface area contributed by atoms with E-state index in [1.165, 1.54) is 11.3 Å². The van der Waals surface area contributed by atoms with Gasteiger partial charge in [-0.2, -0.15) is 0 Å². The van der Waals surface area contributed by atoms with Gasteiger partial charge in [0.05, 0.1) is 24.7 Å². The molecule has 1 aromatic carbocycles. The summed E-state index contributed by atoms with van der Waals surface area (Å²) in [4.78, 5) is 19.1. The summed E-state index contributed by atoms with van der Waals surface area (Å²) in [5.41, 5.74) is 1.71. The second-order valence-electron chi connectivity index (χ2n) is 6.99. The van der Waals surface area contributed by atoms with Crippen LogP contribution in [0.2, 0.25) is 0 Å². The van der Waals surface area contributed by atoms with Crippen LogP contribution in [0.15, 0.2) is 58.8 Å². The molecule has 29 heavy (non-hydrogen) atoms. The van der Waals surface area contributed by atoms with Gasteiger partial charge in [-0.25, -0.2) is 0 Å². The van der Waals surface area contributed by atoms with E-state index in [9.17, 15) is 4.79 Å². The van der Waals surface area contributed by atoms with E-state index in [4.69, 9.17) is 9.47 Å². The maximum absolute atomic E-state index is 12.4. The first-order valence-corrected chi connectivity index (χ1v) is 10.8. The first kappa shape index (κ1) is 19.7. The molecule has 1 aliphatic heterocycles. The largest absolute Gasteiger partial charge is 0.490 e. The highest BCUT2D eigenvalue weighted by Gasteiger charge is 2.23. The van der Waals surface area contributed by atoms with Crippen LogP contribution in [0.3, 0.4) is 0 Å². The van der Waals surface area contributed by atoms with Gasteiger partial charge in [-0.05, 0) is 44.0 Å². The van der Waals surface area contributed by atoms with E-state index in [0.29, 0.717) is 13.3 Å². The molecule has 7 heteroatoms. The topological polar surface area (TPSA) is 56.6 Å². The average molecular weight is 412 g/mol. The van der Waals surface area contributed by atoms with Crippen molar-refractivity contribution in [1.29, 1.82) is 0 Å². The van der Waals surface area contributed by atoms with Crippen LogP contribution < -0.4 is 14.3 Å². The van der Waals surface area contributed by atoms with E-state index in [1.807, 2.05) is 59.3 Å². The van der Waals surface area contributed by atoms with Crippen LogP contribution >= 0.6 is 11.3 Å². The van der Waals surface area contributed by atoms with E-state index in [1.54, 1.807) is 6.20 Å². The molecule has 0 N–H and O–H groups in total. The Morgan fingerprint density at radius 3 is 2.59 bits per heavy atom. The minimum atomic E-state index is 0.0506. The summed E-state index contributed by atoms with van der Waals surface area (Å²) in [5.74, 6) is 1.60. The van der Waals surface area contributed by atoms with Crippen LogP contribution in [0.1, 0.15) is 19.8 Å². The standard InChI is InChI=1S/C22H25N3O3S/c1-2-27-20-8-3-4-9-21(20)28-17-10-13-24(14-11-17)16-25-19(15-29-22(25)26)18-7-5-6-12-23-18/h3-9,12,15,17H,2,10-11,13-14,16H2,1H3. The van der Waals surface area contributed by atoms with Crippen molar-refractivity contribution in [2.45, 2.75) is 32.5 Å². The maximum Gasteiger partial charge on any atom is 0.308 e. The smallest absolute Gasteiger partial charge is 0.308 e. The molecule has 1 fully saturated rings. The summed E-state index contributed by atoms with van der Waals surface area (Å²) in [6.45, 7) is 4.93. The summed E-state index contributed by atoms with van der Waals surface area (Å²) in [6.07, 6.45) is 3.74. The summed E-state index contributed by atoms with van der Waals surface area (Å²) in [6, 6.07) is 13.6. The minimum Gasteiger partial charge on any atom is -0.490 e. The van der Waals surface area contributed by atoms with Gasteiger partial charge in [-0.15, -0.1) is 0 Å². The molecule has 0 radical (unpaired) electrons. The van der Waals surface area contributed by atoms with Crippen LogP contribution in [-0.2, 0) is 6.67 Å². The molecule has 0 unspecified atom stereocenters. The van der Waals surface area contributed by atoms with E-state index in [0.717, 1.165) is 48.8 Å². The Hall–Kier alpha value is -2.64. The zero-order valence-electron chi connectivity index (χ0n) is 16.5. The monoisotopic (exact) mass is 411 g/mol. The quantitative estimate of drug-likeness (QED) is 0.591. The molecule has 0 atom stereocenters. The minimum absolute atomic E-state index is 0.0506. The van der Waals surface area contributed by atoms with Crippen molar-refractivity contribution in [3.63, 3.8) is 0 Å². The Morgan fingerprint density at radius 2 is 1.86 bits per heavy atom. The van der Waals surface area contributed by atoms with Crippen molar-refractivity contribution in [2.75, 3.05) is 19.7 Å². The fraction of sp³-hybridized carbons (Fsp3) is 0.364. The Kier molecular flexibility index (Phi) is 6.27.